The van der Waals surface area contributed by atoms with Crippen molar-refractivity contribution in [1.29, 1.82) is 0 Å². The highest BCUT2D eigenvalue weighted by molar-refractivity contribution is 5.92. The predicted molar refractivity (Wildman–Crippen MR) is 92.9 cm³/mol. The summed E-state index contributed by atoms with van der Waals surface area (Å²) in [5, 5.41) is 4.22. The number of esters is 1. The number of hydrogen-bond donors (Lipinski definition) is 0. The largest absolute Gasteiger partial charge is 0.497 e. The number of methoxy groups -OCH3 is 1. The van der Waals surface area contributed by atoms with E-state index in [4.69, 9.17) is 9.47 Å². The van der Waals surface area contributed by atoms with Gasteiger partial charge in [0, 0.05) is 12.6 Å². The molecule has 6 nitrogen and oxygen atoms in total. The highest BCUT2D eigenvalue weighted by Crippen LogP contribution is 2.26. The lowest BCUT2D eigenvalue weighted by atomic mass is 10.1. The highest BCUT2D eigenvalue weighted by Gasteiger charge is 2.16. The van der Waals surface area contributed by atoms with E-state index in [0.29, 0.717) is 17.0 Å². The van der Waals surface area contributed by atoms with Crippen LogP contribution in [0.4, 0.5) is 0 Å². The van der Waals surface area contributed by atoms with Gasteiger partial charge in [-0.1, -0.05) is 30.3 Å². The number of carbonyl (C=O) groups excluding carboxylic acids is 1. The summed E-state index contributed by atoms with van der Waals surface area (Å²) in [5.41, 5.74) is 1.15. The molecule has 0 aliphatic carbocycles. The van der Waals surface area contributed by atoms with Crippen molar-refractivity contribution in [2.45, 2.75) is 0 Å². The Hall–Kier alpha value is -3.41. The number of rotatable bonds is 4. The van der Waals surface area contributed by atoms with Crippen LogP contribution in [0.15, 0.2) is 65.5 Å². The van der Waals surface area contributed by atoms with Crippen molar-refractivity contribution in [3.8, 4) is 22.8 Å². The zero-order valence-corrected chi connectivity index (χ0v) is 13.8. The summed E-state index contributed by atoms with van der Waals surface area (Å²) in [5.74, 6) is 0.182. The second kappa shape index (κ2) is 7.00. The van der Waals surface area contributed by atoms with E-state index < -0.39 is 5.97 Å². The molecule has 0 unspecified atom stereocenters. The van der Waals surface area contributed by atoms with Crippen molar-refractivity contribution >= 4 is 5.97 Å². The molecule has 0 N–H and O–H groups in total. The Morgan fingerprint density at radius 3 is 2.36 bits per heavy atom. The molecule has 0 radical (unpaired) electrons. The first kappa shape index (κ1) is 16.4. The van der Waals surface area contributed by atoms with E-state index in [1.54, 1.807) is 38.4 Å². The molecule has 0 aliphatic heterocycles. The zero-order valence-electron chi connectivity index (χ0n) is 13.8. The van der Waals surface area contributed by atoms with E-state index in [0.717, 1.165) is 5.56 Å². The Kier molecular flexibility index (Phi) is 4.61. The Bertz CT molecular complexity index is 947. The van der Waals surface area contributed by atoms with Gasteiger partial charge in [0.2, 0.25) is 0 Å². The molecule has 0 bridgehead atoms. The molecule has 0 atom stereocenters. The molecular weight excluding hydrogens is 320 g/mol. The fraction of sp³-hybridized carbons (Fsp3) is 0.105. The van der Waals surface area contributed by atoms with Crippen molar-refractivity contribution in [1.82, 2.24) is 9.78 Å². The maximum absolute atomic E-state index is 12.4. The molecule has 3 rings (SSSR count). The van der Waals surface area contributed by atoms with Gasteiger partial charge in [0.15, 0.2) is 5.75 Å². The number of ether oxygens (including phenoxy) is 2. The fourth-order valence-corrected chi connectivity index (χ4v) is 2.28. The van der Waals surface area contributed by atoms with Gasteiger partial charge in [0.1, 0.15) is 11.4 Å². The second-order valence-electron chi connectivity index (χ2n) is 5.30. The summed E-state index contributed by atoms with van der Waals surface area (Å²) in [6.07, 6.45) is 0. The Morgan fingerprint density at radius 1 is 1.04 bits per heavy atom. The van der Waals surface area contributed by atoms with Gasteiger partial charge in [-0.05, 0) is 24.3 Å². The van der Waals surface area contributed by atoms with Crippen molar-refractivity contribution in [3.05, 3.63) is 76.6 Å². The summed E-state index contributed by atoms with van der Waals surface area (Å²) in [4.78, 5) is 24.3. The first-order valence-electron chi connectivity index (χ1n) is 7.58. The van der Waals surface area contributed by atoms with E-state index >= 15 is 0 Å². The number of hydrogen-bond acceptors (Lipinski definition) is 5. The number of carbonyl (C=O) groups is 1. The van der Waals surface area contributed by atoms with Gasteiger partial charge in [0.25, 0.3) is 5.56 Å². The molecule has 0 spiro atoms. The normalized spacial score (nSPS) is 10.3. The van der Waals surface area contributed by atoms with Crippen LogP contribution in [0.25, 0.3) is 11.3 Å². The maximum Gasteiger partial charge on any atom is 0.343 e. The summed E-state index contributed by atoms with van der Waals surface area (Å²) >= 11 is 0. The van der Waals surface area contributed by atoms with E-state index in [2.05, 4.69) is 5.10 Å². The molecular formula is C19H16N2O4. The number of nitrogens with zero attached hydrogens (tertiary/aromatic N) is 2. The van der Waals surface area contributed by atoms with E-state index in [1.165, 1.54) is 10.7 Å². The summed E-state index contributed by atoms with van der Waals surface area (Å²) in [6.45, 7) is 0. The van der Waals surface area contributed by atoms with Crippen molar-refractivity contribution < 1.29 is 14.3 Å². The van der Waals surface area contributed by atoms with Crippen LogP contribution < -0.4 is 15.0 Å². The second-order valence-corrected chi connectivity index (χ2v) is 5.30. The monoisotopic (exact) mass is 336 g/mol. The minimum Gasteiger partial charge on any atom is -0.497 e. The summed E-state index contributed by atoms with van der Waals surface area (Å²) in [7, 11) is 3.09. The number of aryl methyl sites for hydroxylation is 1. The van der Waals surface area contributed by atoms with Gasteiger partial charge < -0.3 is 9.47 Å². The molecule has 6 heteroatoms. The molecule has 126 valence electrons. The van der Waals surface area contributed by atoms with Crippen LogP contribution in [0.3, 0.4) is 0 Å². The van der Waals surface area contributed by atoms with Crippen molar-refractivity contribution in [2.24, 2.45) is 7.05 Å². The third-order valence-corrected chi connectivity index (χ3v) is 3.63. The van der Waals surface area contributed by atoms with Crippen LogP contribution in [0.1, 0.15) is 10.4 Å². The molecule has 0 saturated carbocycles. The Morgan fingerprint density at radius 2 is 1.72 bits per heavy atom. The molecule has 0 amide bonds. The SMILES string of the molecule is COc1ccc(C(=O)Oc2cc(=O)n(C)nc2-c2ccccc2)cc1. The molecule has 2 aromatic carbocycles. The smallest absolute Gasteiger partial charge is 0.343 e. The van der Waals surface area contributed by atoms with Crippen molar-refractivity contribution in [3.63, 3.8) is 0 Å². The minimum absolute atomic E-state index is 0.120. The number of aromatic nitrogens is 2. The average Bonchev–Trinajstić information content (AvgIpc) is 2.65. The average molecular weight is 336 g/mol. The minimum atomic E-state index is -0.574. The van der Waals surface area contributed by atoms with Crippen LogP contribution in [-0.2, 0) is 7.05 Å². The maximum atomic E-state index is 12.4. The lowest BCUT2D eigenvalue weighted by molar-refractivity contribution is 0.0734. The van der Waals surface area contributed by atoms with E-state index in [9.17, 15) is 9.59 Å². The summed E-state index contributed by atoms with van der Waals surface area (Å²) < 4.78 is 11.7. The van der Waals surface area contributed by atoms with Crippen LogP contribution in [0, 0.1) is 0 Å². The predicted octanol–water partition coefficient (Wildman–Crippen LogP) is 2.68. The molecule has 1 aromatic heterocycles. The lowest BCUT2D eigenvalue weighted by Crippen LogP contribution is -2.21. The van der Waals surface area contributed by atoms with Crippen LogP contribution >= 0.6 is 0 Å². The van der Waals surface area contributed by atoms with Gasteiger partial charge in [-0.25, -0.2) is 9.48 Å². The molecule has 3 aromatic rings. The molecule has 1 heterocycles. The molecule has 0 fully saturated rings. The number of benzene rings is 2. The topological polar surface area (TPSA) is 70.4 Å². The lowest BCUT2D eigenvalue weighted by Gasteiger charge is -2.10. The zero-order chi connectivity index (χ0) is 17.8. The Labute approximate surface area is 144 Å². The fourth-order valence-electron chi connectivity index (χ4n) is 2.28. The Balaban J connectivity index is 1.97. The van der Waals surface area contributed by atoms with Gasteiger partial charge in [-0.2, -0.15) is 5.10 Å². The highest BCUT2D eigenvalue weighted by atomic mass is 16.5. The van der Waals surface area contributed by atoms with Gasteiger partial charge in [-0.15, -0.1) is 0 Å². The summed E-state index contributed by atoms with van der Waals surface area (Å²) in [6, 6.07) is 17.0. The quantitative estimate of drug-likeness (QED) is 0.685. The van der Waals surface area contributed by atoms with Crippen LogP contribution in [0.2, 0.25) is 0 Å². The van der Waals surface area contributed by atoms with Crippen molar-refractivity contribution in [2.75, 3.05) is 7.11 Å². The van der Waals surface area contributed by atoms with Gasteiger partial charge in [0.05, 0.1) is 18.7 Å². The first-order chi connectivity index (χ1) is 12.1. The van der Waals surface area contributed by atoms with Crippen LogP contribution in [-0.4, -0.2) is 22.9 Å². The molecule has 0 aliphatic rings. The first-order valence-corrected chi connectivity index (χ1v) is 7.58. The molecule has 0 saturated heterocycles. The standard InChI is InChI=1S/C19H16N2O4/c1-21-17(22)12-16(18(20-21)13-6-4-3-5-7-13)25-19(23)14-8-10-15(24-2)11-9-14/h3-12H,1-2H3. The van der Waals surface area contributed by atoms with Crippen LogP contribution in [0.5, 0.6) is 11.5 Å². The third kappa shape index (κ3) is 3.58. The van der Waals surface area contributed by atoms with E-state index in [1.807, 2.05) is 30.3 Å². The van der Waals surface area contributed by atoms with E-state index in [-0.39, 0.29) is 11.3 Å². The molecule has 25 heavy (non-hydrogen) atoms. The third-order valence-electron chi connectivity index (χ3n) is 3.63. The van der Waals surface area contributed by atoms with Gasteiger partial charge in [-0.3, -0.25) is 4.79 Å². The van der Waals surface area contributed by atoms with Gasteiger partial charge >= 0.3 is 5.97 Å².